The fourth-order valence-electron chi connectivity index (χ4n) is 2.21. The summed E-state index contributed by atoms with van der Waals surface area (Å²) in [5.41, 5.74) is 0. The summed E-state index contributed by atoms with van der Waals surface area (Å²) in [6.45, 7) is 2.37. The van der Waals surface area contributed by atoms with E-state index in [0.29, 0.717) is 18.3 Å². The van der Waals surface area contributed by atoms with Crippen molar-refractivity contribution < 1.29 is 9.47 Å². The molecule has 3 heteroatoms. The summed E-state index contributed by atoms with van der Waals surface area (Å²) < 4.78 is 11.2. The van der Waals surface area contributed by atoms with E-state index in [9.17, 15) is 0 Å². The molecule has 82 valence electrons. The average Bonchev–Trinajstić information content (AvgIpc) is 2.13. The molecule has 0 atom stereocenters. The largest absolute Gasteiger partial charge is 0.381 e. The molecular weight excluding hydrogens is 178 g/mol. The highest BCUT2D eigenvalue weighted by Gasteiger charge is 2.32. The Bertz CT molecular complexity index is 172. The van der Waals surface area contributed by atoms with E-state index >= 15 is 0 Å². The second-order valence-corrected chi connectivity index (χ2v) is 4.59. The first-order valence-corrected chi connectivity index (χ1v) is 5.64. The Hall–Kier alpha value is -0.120. The molecule has 14 heavy (non-hydrogen) atoms. The summed E-state index contributed by atoms with van der Waals surface area (Å²) in [5, 5.41) is 0. The Kier molecular flexibility index (Phi) is 3.42. The Balaban J connectivity index is 1.62. The first-order valence-electron chi connectivity index (χ1n) is 5.64. The van der Waals surface area contributed by atoms with Crippen molar-refractivity contribution in [3.05, 3.63) is 0 Å². The lowest BCUT2D eigenvalue weighted by Crippen LogP contribution is -2.42. The van der Waals surface area contributed by atoms with E-state index in [-0.39, 0.29) is 0 Å². The third-order valence-electron chi connectivity index (χ3n) is 3.44. The van der Waals surface area contributed by atoms with Crippen LogP contribution in [-0.2, 0) is 9.47 Å². The van der Waals surface area contributed by atoms with Crippen molar-refractivity contribution in [2.75, 3.05) is 27.2 Å². The van der Waals surface area contributed by atoms with Crippen LogP contribution in [0.5, 0.6) is 0 Å². The molecule has 1 saturated heterocycles. The Morgan fingerprint density at radius 1 is 1.00 bits per heavy atom. The van der Waals surface area contributed by atoms with E-state index < -0.39 is 0 Å². The van der Waals surface area contributed by atoms with E-state index in [1.807, 2.05) is 0 Å². The number of hydrogen-bond donors (Lipinski definition) is 0. The lowest BCUT2D eigenvalue weighted by Gasteiger charge is -2.38. The fourth-order valence-corrected chi connectivity index (χ4v) is 2.21. The minimum Gasteiger partial charge on any atom is -0.381 e. The van der Waals surface area contributed by atoms with Crippen molar-refractivity contribution in [3.63, 3.8) is 0 Å². The standard InChI is InChI=1S/C11H21NO2/c1-12-5-3-9(4-6-12)14-11-7-10(8-11)13-2/h9-11H,3-8H2,1-2H3. The molecule has 1 aliphatic heterocycles. The maximum atomic E-state index is 6.00. The minimum absolute atomic E-state index is 0.464. The summed E-state index contributed by atoms with van der Waals surface area (Å²) in [6, 6.07) is 0. The number of piperidine rings is 1. The van der Waals surface area contributed by atoms with Gasteiger partial charge in [-0.1, -0.05) is 0 Å². The number of rotatable bonds is 3. The highest BCUT2D eigenvalue weighted by Crippen LogP contribution is 2.28. The topological polar surface area (TPSA) is 21.7 Å². The van der Waals surface area contributed by atoms with Crippen molar-refractivity contribution in [2.45, 2.75) is 44.0 Å². The molecule has 1 aliphatic carbocycles. The van der Waals surface area contributed by atoms with Crippen LogP contribution in [0.25, 0.3) is 0 Å². The Morgan fingerprint density at radius 2 is 1.64 bits per heavy atom. The van der Waals surface area contributed by atoms with Crippen LogP contribution in [0, 0.1) is 0 Å². The molecule has 0 aromatic rings. The normalized spacial score (nSPS) is 35.6. The van der Waals surface area contributed by atoms with Crippen LogP contribution in [0.15, 0.2) is 0 Å². The van der Waals surface area contributed by atoms with Gasteiger partial charge in [0.05, 0.1) is 18.3 Å². The molecule has 0 bridgehead atoms. The lowest BCUT2D eigenvalue weighted by atomic mass is 9.91. The average molecular weight is 199 g/mol. The first-order chi connectivity index (χ1) is 6.78. The van der Waals surface area contributed by atoms with Crippen LogP contribution in [0.1, 0.15) is 25.7 Å². The molecule has 0 N–H and O–H groups in total. The maximum absolute atomic E-state index is 6.00. The van der Waals surface area contributed by atoms with Crippen LogP contribution in [-0.4, -0.2) is 50.5 Å². The number of likely N-dealkylation sites (tertiary alicyclic amines) is 1. The third-order valence-corrected chi connectivity index (χ3v) is 3.44. The van der Waals surface area contributed by atoms with Crippen LogP contribution in [0.3, 0.4) is 0 Å². The second kappa shape index (κ2) is 4.60. The Morgan fingerprint density at radius 3 is 2.21 bits per heavy atom. The van der Waals surface area contributed by atoms with E-state index in [1.165, 1.54) is 25.9 Å². The van der Waals surface area contributed by atoms with Gasteiger partial charge in [-0.15, -0.1) is 0 Å². The highest BCUT2D eigenvalue weighted by atomic mass is 16.5. The predicted molar refractivity (Wildman–Crippen MR) is 55.4 cm³/mol. The maximum Gasteiger partial charge on any atom is 0.0628 e. The predicted octanol–water partition coefficient (Wildman–Crippen LogP) is 1.27. The summed E-state index contributed by atoms with van der Waals surface area (Å²) in [4.78, 5) is 2.37. The molecule has 2 rings (SSSR count). The summed E-state index contributed by atoms with van der Waals surface area (Å²) in [7, 11) is 3.97. The molecule has 1 saturated carbocycles. The molecule has 0 amide bonds. The summed E-state index contributed by atoms with van der Waals surface area (Å²) in [6.07, 6.45) is 6.05. The van der Waals surface area contributed by atoms with Gasteiger partial charge in [0.25, 0.3) is 0 Å². The van der Waals surface area contributed by atoms with Gasteiger partial charge in [0, 0.05) is 20.2 Å². The Labute approximate surface area is 86.4 Å². The van der Waals surface area contributed by atoms with Crippen molar-refractivity contribution in [3.8, 4) is 0 Å². The molecule has 0 aromatic carbocycles. The second-order valence-electron chi connectivity index (χ2n) is 4.59. The van der Waals surface area contributed by atoms with Crippen LogP contribution < -0.4 is 0 Å². The van der Waals surface area contributed by atoms with Crippen molar-refractivity contribution >= 4 is 0 Å². The third kappa shape index (κ3) is 2.47. The van der Waals surface area contributed by atoms with Gasteiger partial charge < -0.3 is 14.4 Å². The molecular formula is C11H21NO2. The number of ether oxygens (including phenoxy) is 2. The molecule has 0 unspecified atom stereocenters. The summed E-state index contributed by atoms with van der Waals surface area (Å²) in [5.74, 6) is 0. The monoisotopic (exact) mass is 199 g/mol. The van der Waals surface area contributed by atoms with E-state index in [2.05, 4.69) is 11.9 Å². The van der Waals surface area contributed by atoms with Gasteiger partial charge >= 0.3 is 0 Å². The van der Waals surface area contributed by atoms with Crippen LogP contribution in [0.4, 0.5) is 0 Å². The van der Waals surface area contributed by atoms with Crippen molar-refractivity contribution in [2.24, 2.45) is 0 Å². The molecule has 0 aromatic heterocycles. The van der Waals surface area contributed by atoms with Crippen LogP contribution >= 0.6 is 0 Å². The molecule has 2 aliphatic rings. The lowest BCUT2D eigenvalue weighted by molar-refractivity contribution is -0.125. The van der Waals surface area contributed by atoms with Crippen LogP contribution in [0.2, 0.25) is 0 Å². The number of nitrogens with zero attached hydrogens (tertiary/aromatic N) is 1. The van der Waals surface area contributed by atoms with Gasteiger partial charge in [-0.25, -0.2) is 0 Å². The SMILES string of the molecule is COC1CC(OC2CCN(C)CC2)C1. The fraction of sp³-hybridized carbons (Fsp3) is 1.00. The molecule has 2 fully saturated rings. The van der Waals surface area contributed by atoms with E-state index in [4.69, 9.17) is 9.47 Å². The van der Waals surface area contributed by atoms with E-state index in [1.54, 1.807) is 7.11 Å². The minimum atomic E-state index is 0.464. The first kappa shape index (κ1) is 10.4. The summed E-state index contributed by atoms with van der Waals surface area (Å²) >= 11 is 0. The molecule has 1 heterocycles. The van der Waals surface area contributed by atoms with E-state index in [0.717, 1.165) is 12.8 Å². The van der Waals surface area contributed by atoms with Gasteiger partial charge in [0.1, 0.15) is 0 Å². The molecule has 0 radical (unpaired) electrons. The molecule has 3 nitrogen and oxygen atoms in total. The van der Waals surface area contributed by atoms with Gasteiger partial charge in [0.2, 0.25) is 0 Å². The van der Waals surface area contributed by atoms with Gasteiger partial charge in [-0.3, -0.25) is 0 Å². The smallest absolute Gasteiger partial charge is 0.0628 e. The zero-order valence-electron chi connectivity index (χ0n) is 9.24. The zero-order valence-corrected chi connectivity index (χ0v) is 9.24. The number of hydrogen-bond acceptors (Lipinski definition) is 3. The zero-order chi connectivity index (χ0) is 9.97. The molecule has 0 spiro atoms. The van der Waals surface area contributed by atoms with Gasteiger partial charge in [-0.05, 0) is 32.7 Å². The van der Waals surface area contributed by atoms with Gasteiger partial charge in [-0.2, -0.15) is 0 Å². The van der Waals surface area contributed by atoms with Gasteiger partial charge in [0.15, 0.2) is 0 Å². The quantitative estimate of drug-likeness (QED) is 0.683. The van der Waals surface area contributed by atoms with Crippen molar-refractivity contribution in [1.82, 2.24) is 4.90 Å². The highest BCUT2D eigenvalue weighted by molar-refractivity contribution is 4.83. The van der Waals surface area contributed by atoms with Crippen molar-refractivity contribution in [1.29, 1.82) is 0 Å². The number of methoxy groups -OCH3 is 1.